The number of piperidine rings is 1. The molecule has 0 spiro atoms. The van der Waals surface area contributed by atoms with Gasteiger partial charge in [-0.05, 0) is 48.1 Å². The zero-order chi connectivity index (χ0) is 17.6. The number of carbonyl (C=O) groups is 2. The van der Waals surface area contributed by atoms with Gasteiger partial charge in [0, 0.05) is 37.8 Å². The van der Waals surface area contributed by atoms with Crippen molar-refractivity contribution in [2.75, 3.05) is 25.5 Å². The Balaban J connectivity index is 1.68. The van der Waals surface area contributed by atoms with E-state index < -0.39 is 0 Å². The number of carbonyl (C=O) groups excluding carboxylic acids is 2. The monoisotopic (exact) mass is 336 g/mol. The molecule has 0 atom stereocenters. The van der Waals surface area contributed by atoms with Crippen molar-refractivity contribution < 1.29 is 9.59 Å². The highest BCUT2D eigenvalue weighted by Gasteiger charge is 2.24. The van der Waals surface area contributed by atoms with Crippen molar-refractivity contribution >= 4 is 17.9 Å². The molecule has 0 radical (unpaired) electrons. The molecule has 1 N–H and O–H groups in total. The molecule has 1 heterocycles. The summed E-state index contributed by atoms with van der Waals surface area (Å²) >= 11 is 0. The molecular formula is C21H24N2O2. The van der Waals surface area contributed by atoms with Crippen molar-refractivity contribution in [3.63, 3.8) is 0 Å². The highest BCUT2D eigenvalue weighted by atomic mass is 16.2. The molecule has 130 valence electrons. The number of benzene rings is 2. The van der Waals surface area contributed by atoms with Crippen molar-refractivity contribution in [1.82, 2.24) is 4.90 Å². The predicted molar refractivity (Wildman–Crippen MR) is 100 cm³/mol. The second kappa shape index (κ2) is 7.97. The largest absolute Gasteiger partial charge is 0.388 e. The second-order valence-electron chi connectivity index (χ2n) is 6.47. The molecule has 2 aromatic carbocycles. The summed E-state index contributed by atoms with van der Waals surface area (Å²) in [6.07, 6.45) is 3.17. The van der Waals surface area contributed by atoms with Gasteiger partial charge in [-0.25, -0.2) is 0 Å². The number of hydrogen-bond acceptors (Lipinski definition) is 3. The minimum Gasteiger partial charge on any atom is -0.388 e. The van der Waals surface area contributed by atoms with Gasteiger partial charge in [-0.1, -0.05) is 30.3 Å². The third-order valence-electron chi connectivity index (χ3n) is 4.98. The SMILES string of the molecule is CNc1ccc(C(=O)N2CCC(c3ccccc3)CC2)cc1CC=O. The molecule has 1 saturated heterocycles. The zero-order valence-electron chi connectivity index (χ0n) is 14.6. The maximum absolute atomic E-state index is 12.8. The third-order valence-corrected chi connectivity index (χ3v) is 4.98. The zero-order valence-corrected chi connectivity index (χ0v) is 14.6. The van der Waals surface area contributed by atoms with Crippen molar-refractivity contribution in [2.24, 2.45) is 0 Å². The van der Waals surface area contributed by atoms with E-state index in [0.29, 0.717) is 17.9 Å². The minimum atomic E-state index is 0.0568. The number of anilines is 1. The third kappa shape index (κ3) is 3.90. The first kappa shape index (κ1) is 17.2. The maximum atomic E-state index is 12.8. The van der Waals surface area contributed by atoms with Crippen LogP contribution >= 0.6 is 0 Å². The Bertz CT molecular complexity index is 735. The summed E-state index contributed by atoms with van der Waals surface area (Å²) in [7, 11) is 1.82. The molecule has 1 fully saturated rings. The van der Waals surface area contributed by atoms with Crippen LogP contribution in [0.2, 0.25) is 0 Å². The van der Waals surface area contributed by atoms with Gasteiger partial charge < -0.3 is 15.0 Å². The van der Waals surface area contributed by atoms with E-state index in [1.807, 2.05) is 36.2 Å². The molecule has 0 aromatic heterocycles. The Morgan fingerprint density at radius 1 is 1.16 bits per heavy atom. The van der Waals surface area contributed by atoms with E-state index in [2.05, 4.69) is 29.6 Å². The molecule has 0 aliphatic carbocycles. The summed E-state index contributed by atoms with van der Waals surface area (Å²) in [5.74, 6) is 0.587. The summed E-state index contributed by atoms with van der Waals surface area (Å²) < 4.78 is 0. The number of likely N-dealkylation sites (tertiary alicyclic amines) is 1. The highest BCUT2D eigenvalue weighted by molar-refractivity contribution is 5.95. The number of nitrogens with one attached hydrogen (secondary N) is 1. The van der Waals surface area contributed by atoms with E-state index >= 15 is 0 Å². The fourth-order valence-electron chi connectivity index (χ4n) is 3.55. The Morgan fingerprint density at radius 2 is 1.88 bits per heavy atom. The number of rotatable bonds is 5. The van der Waals surface area contributed by atoms with E-state index in [1.54, 1.807) is 0 Å². The maximum Gasteiger partial charge on any atom is 0.253 e. The van der Waals surface area contributed by atoms with Gasteiger partial charge in [-0.3, -0.25) is 4.79 Å². The van der Waals surface area contributed by atoms with Crippen LogP contribution in [0.4, 0.5) is 5.69 Å². The standard InChI is InChI=1S/C21H24N2O2/c1-22-20-8-7-19(15-18(20)11-14-24)21(25)23-12-9-17(10-13-23)16-5-3-2-4-6-16/h2-8,14-15,17,22H,9-13H2,1H3. The molecule has 4 heteroatoms. The Labute approximate surface area is 148 Å². The molecule has 4 nitrogen and oxygen atoms in total. The normalized spacial score (nSPS) is 15.0. The van der Waals surface area contributed by atoms with Crippen LogP contribution in [0.15, 0.2) is 48.5 Å². The summed E-state index contributed by atoms with van der Waals surface area (Å²) in [6, 6.07) is 16.1. The fraction of sp³-hybridized carbons (Fsp3) is 0.333. The van der Waals surface area contributed by atoms with Gasteiger partial charge in [0.2, 0.25) is 0 Å². The minimum absolute atomic E-state index is 0.0568. The average molecular weight is 336 g/mol. The van der Waals surface area contributed by atoms with E-state index in [-0.39, 0.29) is 5.91 Å². The lowest BCUT2D eigenvalue weighted by atomic mass is 9.89. The summed E-state index contributed by atoms with van der Waals surface area (Å²) in [6.45, 7) is 1.55. The first-order valence-corrected chi connectivity index (χ1v) is 8.81. The van der Waals surface area contributed by atoms with Crippen LogP contribution in [0.5, 0.6) is 0 Å². The van der Waals surface area contributed by atoms with Crippen molar-refractivity contribution in [3.8, 4) is 0 Å². The first-order chi connectivity index (χ1) is 12.2. The van der Waals surface area contributed by atoms with Gasteiger partial charge in [-0.15, -0.1) is 0 Å². The Hall–Kier alpha value is -2.62. The molecule has 1 aliphatic heterocycles. The van der Waals surface area contributed by atoms with E-state index in [9.17, 15) is 9.59 Å². The molecule has 0 saturated carbocycles. The van der Waals surface area contributed by atoms with Crippen LogP contribution in [0.1, 0.15) is 40.2 Å². The number of amides is 1. The molecule has 0 bridgehead atoms. The first-order valence-electron chi connectivity index (χ1n) is 8.81. The number of aldehydes is 1. The smallest absolute Gasteiger partial charge is 0.253 e. The highest BCUT2D eigenvalue weighted by Crippen LogP contribution is 2.28. The predicted octanol–water partition coefficient (Wildman–Crippen LogP) is 3.49. The van der Waals surface area contributed by atoms with Crippen molar-refractivity contribution in [2.45, 2.75) is 25.2 Å². The molecular weight excluding hydrogens is 312 g/mol. The van der Waals surface area contributed by atoms with Gasteiger partial charge in [-0.2, -0.15) is 0 Å². The van der Waals surface area contributed by atoms with Crippen LogP contribution in [0.25, 0.3) is 0 Å². The summed E-state index contributed by atoms with van der Waals surface area (Å²) in [4.78, 5) is 25.6. The lowest BCUT2D eigenvalue weighted by Gasteiger charge is -2.32. The van der Waals surface area contributed by atoms with Crippen molar-refractivity contribution in [3.05, 3.63) is 65.2 Å². The molecule has 3 rings (SSSR count). The fourth-order valence-corrected chi connectivity index (χ4v) is 3.55. The summed E-state index contributed by atoms with van der Waals surface area (Å²) in [5.41, 5.74) is 3.78. The van der Waals surface area contributed by atoms with Gasteiger partial charge in [0.1, 0.15) is 6.29 Å². The molecule has 2 aromatic rings. The molecule has 1 amide bonds. The average Bonchev–Trinajstić information content (AvgIpc) is 2.68. The van der Waals surface area contributed by atoms with Crippen LogP contribution in [-0.2, 0) is 11.2 Å². The van der Waals surface area contributed by atoms with Crippen LogP contribution in [0.3, 0.4) is 0 Å². The molecule has 1 aliphatic rings. The Morgan fingerprint density at radius 3 is 2.52 bits per heavy atom. The topological polar surface area (TPSA) is 49.4 Å². The van der Waals surface area contributed by atoms with Gasteiger partial charge in [0.15, 0.2) is 0 Å². The Kier molecular flexibility index (Phi) is 5.49. The number of nitrogens with zero attached hydrogens (tertiary/aromatic N) is 1. The van der Waals surface area contributed by atoms with E-state index in [4.69, 9.17) is 0 Å². The lowest BCUT2D eigenvalue weighted by Crippen LogP contribution is -2.38. The van der Waals surface area contributed by atoms with Crippen molar-refractivity contribution in [1.29, 1.82) is 0 Å². The second-order valence-corrected chi connectivity index (χ2v) is 6.47. The van der Waals surface area contributed by atoms with Gasteiger partial charge in [0.25, 0.3) is 5.91 Å². The quantitative estimate of drug-likeness (QED) is 0.850. The van der Waals surface area contributed by atoms with E-state index in [1.165, 1.54) is 5.56 Å². The van der Waals surface area contributed by atoms with Crippen LogP contribution in [0, 0.1) is 0 Å². The lowest BCUT2D eigenvalue weighted by molar-refractivity contribution is -0.107. The van der Waals surface area contributed by atoms with E-state index in [0.717, 1.165) is 43.5 Å². The number of hydrogen-bond donors (Lipinski definition) is 1. The van der Waals surface area contributed by atoms with Crippen LogP contribution < -0.4 is 5.32 Å². The van der Waals surface area contributed by atoms with Crippen LogP contribution in [-0.4, -0.2) is 37.2 Å². The van der Waals surface area contributed by atoms with Gasteiger partial charge >= 0.3 is 0 Å². The molecule has 0 unspecified atom stereocenters. The van der Waals surface area contributed by atoms with Gasteiger partial charge in [0.05, 0.1) is 0 Å². The summed E-state index contributed by atoms with van der Waals surface area (Å²) in [5, 5.41) is 3.07. The molecule has 25 heavy (non-hydrogen) atoms.